The Bertz CT molecular complexity index is 1160. The van der Waals surface area contributed by atoms with Crippen molar-refractivity contribution in [2.75, 3.05) is 11.4 Å². The van der Waals surface area contributed by atoms with Gasteiger partial charge in [-0.3, -0.25) is 9.78 Å². The number of amides is 1. The molecule has 1 aromatic heterocycles. The molecule has 166 valence electrons. The zero-order valence-corrected chi connectivity index (χ0v) is 19.0. The Balaban J connectivity index is 1.62. The highest BCUT2D eigenvalue weighted by Gasteiger charge is 2.27. The first-order chi connectivity index (χ1) is 15.5. The van der Waals surface area contributed by atoms with Gasteiger partial charge in [0, 0.05) is 44.1 Å². The predicted molar refractivity (Wildman–Crippen MR) is 125 cm³/mol. The molecule has 2 aromatic carbocycles. The van der Waals surface area contributed by atoms with Crippen molar-refractivity contribution in [1.29, 1.82) is 0 Å². The predicted octanol–water partition coefficient (Wildman–Crippen LogP) is 4.16. The summed E-state index contributed by atoms with van der Waals surface area (Å²) in [6, 6.07) is 18.3. The van der Waals surface area contributed by atoms with E-state index in [1.165, 1.54) is 9.87 Å². The van der Waals surface area contributed by atoms with Crippen LogP contribution in [0.15, 0.2) is 78.0 Å². The molecule has 2 heterocycles. The number of carbonyl (C=O) groups excluding carboxylic acids is 1. The molecule has 7 heteroatoms. The number of rotatable bonds is 8. The van der Waals surface area contributed by atoms with Crippen LogP contribution in [-0.2, 0) is 34.3 Å². The Morgan fingerprint density at radius 2 is 1.62 bits per heavy atom. The van der Waals surface area contributed by atoms with Gasteiger partial charge in [0.25, 0.3) is 0 Å². The van der Waals surface area contributed by atoms with Crippen LogP contribution < -0.4 is 4.90 Å². The van der Waals surface area contributed by atoms with Gasteiger partial charge in [-0.15, -0.1) is 0 Å². The lowest BCUT2D eigenvalue weighted by Gasteiger charge is -2.23. The number of anilines is 1. The molecule has 1 aliphatic rings. The van der Waals surface area contributed by atoms with Crippen molar-refractivity contribution in [2.24, 2.45) is 0 Å². The van der Waals surface area contributed by atoms with Gasteiger partial charge in [-0.1, -0.05) is 37.3 Å². The molecule has 0 aliphatic carbocycles. The highest BCUT2D eigenvalue weighted by atomic mass is 32.2. The van der Waals surface area contributed by atoms with Crippen LogP contribution in [0.3, 0.4) is 0 Å². The Morgan fingerprint density at radius 3 is 2.22 bits per heavy atom. The fraction of sp³-hybridized carbons (Fsp3) is 0.280. The van der Waals surface area contributed by atoms with Crippen molar-refractivity contribution < 1.29 is 13.2 Å². The number of aryl methyl sites for hydroxylation is 1. The number of nitrogens with zero attached hydrogens (tertiary/aromatic N) is 3. The highest BCUT2D eigenvalue weighted by Crippen LogP contribution is 2.26. The van der Waals surface area contributed by atoms with Crippen molar-refractivity contribution in [1.82, 2.24) is 9.29 Å². The van der Waals surface area contributed by atoms with E-state index in [1.54, 1.807) is 47.6 Å². The highest BCUT2D eigenvalue weighted by molar-refractivity contribution is 7.89. The van der Waals surface area contributed by atoms with Crippen LogP contribution in [0.4, 0.5) is 5.69 Å². The molecule has 0 bridgehead atoms. The number of sulfonamides is 1. The van der Waals surface area contributed by atoms with Crippen LogP contribution in [0.5, 0.6) is 0 Å². The quantitative estimate of drug-likeness (QED) is 0.518. The number of pyridine rings is 1. The maximum absolute atomic E-state index is 13.6. The Kier molecular flexibility index (Phi) is 6.67. The minimum Gasteiger partial charge on any atom is -0.312 e. The summed E-state index contributed by atoms with van der Waals surface area (Å²) < 4.78 is 28.6. The van der Waals surface area contributed by atoms with E-state index in [9.17, 15) is 13.2 Å². The molecule has 0 unspecified atom stereocenters. The average molecular weight is 450 g/mol. The van der Waals surface area contributed by atoms with Crippen molar-refractivity contribution in [3.8, 4) is 0 Å². The van der Waals surface area contributed by atoms with E-state index in [1.807, 2.05) is 30.3 Å². The third-order valence-electron chi connectivity index (χ3n) is 5.73. The van der Waals surface area contributed by atoms with Crippen LogP contribution in [0.1, 0.15) is 36.5 Å². The number of hydrogen-bond acceptors (Lipinski definition) is 4. The fourth-order valence-corrected chi connectivity index (χ4v) is 5.29. The molecule has 3 aromatic rings. The van der Waals surface area contributed by atoms with Crippen LogP contribution in [-0.4, -0.2) is 30.2 Å². The lowest BCUT2D eigenvalue weighted by Crippen LogP contribution is -2.30. The van der Waals surface area contributed by atoms with E-state index in [0.717, 1.165) is 29.7 Å². The summed E-state index contributed by atoms with van der Waals surface area (Å²) >= 11 is 0. The van der Waals surface area contributed by atoms with Gasteiger partial charge in [-0.2, -0.15) is 4.31 Å². The average Bonchev–Trinajstić information content (AvgIpc) is 3.25. The molecule has 6 nitrogen and oxygen atoms in total. The first kappa shape index (κ1) is 22.2. The maximum Gasteiger partial charge on any atom is 0.243 e. The SMILES string of the molecule is CCc1ccc(CN(Cc2cccnc2)S(=O)(=O)c2ccc(N3CCCC3=O)cc2)cc1. The summed E-state index contributed by atoms with van der Waals surface area (Å²) in [4.78, 5) is 18.1. The van der Waals surface area contributed by atoms with E-state index in [0.29, 0.717) is 13.0 Å². The maximum atomic E-state index is 13.6. The molecule has 0 spiro atoms. The smallest absolute Gasteiger partial charge is 0.243 e. The Hall–Kier alpha value is -3.03. The lowest BCUT2D eigenvalue weighted by atomic mass is 10.1. The summed E-state index contributed by atoms with van der Waals surface area (Å²) in [5.74, 6) is 0.0781. The third-order valence-corrected chi connectivity index (χ3v) is 7.54. The fourth-order valence-electron chi connectivity index (χ4n) is 3.87. The lowest BCUT2D eigenvalue weighted by molar-refractivity contribution is -0.117. The zero-order chi connectivity index (χ0) is 22.6. The van der Waals surface area contributed by atoms with E-state index >= 15 is 0 Å². The van der Waals surface area contributed by atoms with Crippen LogP contribution in [0.25, 0.3) is 0 Å². The van der Waals surface area contributed by atoms with Gasteiger partial charge in [0.2, 0.25) is 15.9 Å². The standard InChI is InChI=1S/C25H27N3O3S/c1-2-20-7-9-21(10-8-20)18-27(19-22-5-3-15-26-17-22)32(30,31)24-13-11-23(12-14-24)28-16-4-6-25(28)29/h3,5,7-15,17H,2,4,6,16,18-19H2,1H3. The molecule has 4 rings (SSSR count). The molecule has 0 saturated carbocycles. The zero-order valence-electron chi connectivity index (χ0n) is 18.1. The molecule has 0 atom stereocenters. The molecule has 1 saturated heterocycles. The van der Waals surface area contributed by atoms with Crippen molar-refractivity contribution in [3.63, 3.8) is 0 Å². The van der Waals surface area contributed by atoms with Gasteiger partial charge < -0.3 is 4.90 Å². The van der Waals surface area contributed by atoms with Crippen LogP contribution in [0.2, 0.25) is 0 Å². The molecular weight excluding hydrogens is 422 g/mol. The third kappa shape index (κ3) is 4.89. The minimum absolute atomic E-state index is 0.0781. The van der Waals surface area contributed by atoms with Gasteiger partial charge in [0.15, 0.2) is 0 Å². The summed E-state index contributed by atoms with van der Waals surface area (Å²) in [7, 11) is -3.76. The van der Waals surface area contributed by atoms with Gasteiger partial charge in [0.1, 0.15) is 0 Å². The second-order valence-corrected chi connectivity index (χ2v) is 9.89. The summed E-state index contributed by atoms with van der Waals surface area (Å²) in [5, 5.41) is 0. The van der Waals surface area contributed by atoms with Gasteiger partial charge in [-0.25, -0.2) is 8.42 Å². The summed E-state index contributed by atoms with van der Waals surface area (Å²) in [6.45, 7) is 3.24. The van der Waals surface area contributed by atoms with Gasteiger partial charge >= 0.3 is 0 Å². The number of aromatic nitrogens is 1. The summed E-state index contributed by atoms with van der Waals surface area (Å²) in [5.41, 5.74) is 3.69. The number of carbonyl (C=O) groups is 1. The molecule has 1 fully saturated rings. The molecular formula is C25H27N3O3S. The molecule has 1 aliphatic heterocycles. The van der Waals surface area contributed by atoms with Gasteiger partial charge in [-0.05, 0) is 59.9 Å². The normalized spacial score (nSPS) is 14.3. The molecule has 1 amide bonds. The monoisotopic (exact) mass is 449 g/mol. The van der Waals surface area contributed by atoms with Crippen molar-refractivity contribution >= 4 is 21.6 Å². The second kappa shape index (κ2) is 9.63. The van der Waals surface area contributed by atoms with E-state index in [-0.39, 0.29) is 23.9 Å². The van der Waals surface area contributed by atoms with Gasteiger partial charge in [0.05, 0.1) is 4.90 Å². The number of hydrogen-bond donors (Lipinski definition) is 0. The summed E-state index contributed by atoms with van der Waals surface area (Å²) in [6.07, 6.45) is 5.66. The van der Waals surface area contributed by atoms with E-state index < -0.39 is 10.0 Å². The minimum atomic E-state index is -3.76. The van der Waals surface area contributed by atoms with Crippen molar-refractivity contribution in [3.05, 3.63) is 89.7 Å². The Labute approximate surface area is 189 Å². The first-order valence-corrected chi connectivity index (χ1v) is 12.3. The largest absolute Gasteiger partial charge is 0.312 e. The van der Waals surface area contributed by atoms with Crippen LogP contribution >= 0.6 is 0 Å². The number of benzene rings is 2. The molecule has 0 radical (unpaired) electrons. The molecule has 32 heavy (non-hydrogen) atoms. The first-order valence-electron chi connectivity index (χ1n) is 10.8. The Morgan fingerprint density at radius 1 is 0.938 bits per heavy atom. The van der Waals surface area contributed by atoms with Crippen LogP contribution in [0, 0.1) is 0 Å². The molecule has 0 N–H and O–H groups in total. The van der Waals surface area contributed by atoms with Crippen molar-refractivity contribution in [2.45, 2.75) is 44.2 Å². The second-order valence-electron chi connectivity index (χ2n) is 7.95. The van der Waals surface area contributed by atoms with E-state index in [4.69, 9.17) is 0 Å². The van der Waals surface area contributed by atoms with E-state index in [2.05, 4.69) is 11.9 Å². The topological polar surface area (TPSA) is 70.6 Å².